The van der Waals surface area contributed by atoms with E-state index in [0.29, 0.717) is 36.3 Å². The highest BCUT2D eigenvalue weighted by molar-refractivity contribution is 7.93. The van der Waals surface area contributed by atoms with Gasteiger partial charge in [0, 0.05) is 21.8 Å². The number of ether oxygens (including phenoxy) is 1. The van der Waals surface area contributed by atoms with Crippen LogP contribution >= 0.6 is 34.8 Å². The SMILES string of the molecule is CCCCCCCCCCCCCCS(=O)(=O)C1C(=O)N(c2c(Cl)cc(Cl)cc2Cl)N=C1NC(=O)c1cccc(NC(=O)C(CCCCCCCCCCCC)Oc2ccc(O)c(C(C)(C)C)c2)c1. The van der Waals surface area contributed by atoms with Gasteiger partial charge < -0.3 is 20.5 Å². The van der Waals surface area contributed by atoms with Gasteiger partial charge in [0.2, 0.25) is 5.25 Å². The number of hydrazone groups is 1. The normalized spacial score (nSPS) is 14.5. The Morgan fingerprint density at radius 3 is 1.78 bits per heavy atom. The number of hydrogen-bond donors (Lipinski definition) is 3. The number of carbonyl (C=O) groups is 3. The van der Waals surface area contributed by atoms with E-state index in [2.05, 4.69) is 29.6 Å². The van der Waals surface area contributed by atoms with Gasteiger partial charge in [0.1, 0.15) is 17.2 Å². The number of phenolic OH excluding ortho intramolecular Hbond substituents is 1. The first-order chi connectivity index (χ1) is 33.0. The second-order valence-electron chi connectivity index (χ2n) is 19.5. The van der Waals surface area contributed by atoms with E-state index in [9.17, 15) is 27.9 Å². The number of aromatic hydroxyl groups is 1. The van der Waals surface area contributed by atoms with Gasteiger partial charge in [-0.05, 0) is 73.2 Å². The lowest BCUT2D eigenvalue weighted by molar-refractivity contribution is -0.123. The maximum Gasteiger partial charge on any atom is 0.273 e. The van der Waals surface area contributed by atoms with Crippen LogP contribution < -0.4 is 20.4 Å². The number of rotatable bonds is 31. The summed E-state index contributed by atoms with van der Waals surface area (Å²) in [5, 5.41) is 19.5. The molecular formula is C54H77Cl3N4O7S. The third-order valence-corrected chi connectivity index (χ3v) is 15.3. The zero-order valence-electron chi connectivity index (χ0n) is 41.7. The van der Waals surface area contributed by atoms with E-state index in [0.717, 1.165) is 56.4 Å². The molecule has 15 heteroatoms. The van der Waals surface area contributed by atoms with Crippen molar-refractivity contribution in [1.29, 1.82) is 0 Å². The average Bonchev–Trinajstić information content (AvgIpc) is 3.61. The molecule has 3 aromatic rings. The van der Waals surface area contributed by atoms with Crippen LogP contribution in [0.3, 0.4) is 0 Å². The van der Waals surface area contributed by atoms with Crippen LogP contribution in [0.15, 0.2) is 59.7 Å². The van der Waals surface area contributed by atoms with Crippen LogP contribution in [-0.2, 0) is 24.8 Å². The van der Waals surface area contributed by atoms with Crippen molar-refractivity contribution in [1.82, 2.24) is 5.32 Å². The number of phenols is 1. The minimum Gasteiger partial charge on any atom is -0.508 e. The molecule has 2 atom stereocenters. The zero-order chi connectivity index (χ0) is 50.4. The van der Waals surface area contributed by atoms with Crippen molar-refractivity contribution in [3.05, 3.63) is 80.8 Å². The molecule has 11 nitrogen and oxygen atoms in total. The van der Waals surface area contributed by atoms with Gasteiger partial charge in [-0.15, -0.1) is 5.10 Å². The van der Waals surface area contributed by atoms with Gasteiger partial charge in [0.05, 0.1) is 15.8 Å². The first-order valence-electron chi connectivity index (χ1n) is 25.5. The van der Waals surface area contributed by atoms with Gasteiger partial charge in [-0.3, -0.25) is 14.4 Å². The molecule has 0 bridgehead atoms. The molecule has 1 heterocycles. The Morgan fingerprint density at radius 1 is 0.725 bits per heavy atom. The zero-order valence-corrected chi connectivity index (χ0v) is 44.7. The Morgan fingerprint density at radius 2 is 1.25 bits per heavy atom. The molecule has 0 saturated carbocycles. The number of amidine groups is 1. The van der Waals surface area contributed by atoms with E-state index in [1.807, 2.05) is 20.8 Å². The van der Waals surface area contributed by atoms with Crippen molar-refractivity contribution in [2.45, 2.75) is 199 Å². The summed E-state index contributed by atoms with van der Waals surface area (Å²) in [6, 6.07) is 13.9. The summed E-state index contributed by atoms with van der Waals surface area (Å²) in [4.78, 5) is 42.1. The molecular weight excluding hydrogens is 955 g/mol. The minimum absolute atomic E-state index is 0.0340. The van der Waals surface area contributed by atoms with Crippen molar-refractivity contribution in [3.8, 4) is 11.5 Å². The molecule has 3 N–H and O–H groups in total. The number of nitrogens with zero attached hydrogens (tertiary/aromatic N) is 2. The van der Waals surface area contributed by atoms with Crippen molar-refractivity contribution in [2.75, 3.05) is 16.1 Å². The monoisotopic (exact) mass is 1030 g/mol. The van der Waals surface area contributed by atoms with Gasteiger partial charge in [-0.1, -0.05) is 204 Å². The average molecular weight is 1030 g/mol. The Balaban J connectivity index is 1.47. The maximum atomic E-state index is 14.1. The van der Waals surface area contributed by atoms with Crippen molar-refractivity contribution in [2.24, 2.45) is 5.10 Å². The molecule has 0 aromatic heterocycles. The predicted molar refractivity (Wildman–Crippen MR) is 285 cm³/mol. The summed E-state index contributed by atoms with van der Waals surface area (Å²) in [6.45, 7) is 10.4. The highest BCUT2D eigenvalue weighted by Crippen LogP contribution is 2.39. The van der Waals surface area contributed by atoms with Crippen LogP contribution in [0.5, 0.6) is 11.5 Å². The quantitative estimate of drug-likeness (QED) is 0.0542. The first-order valence-corrected chi connectivity index (χ1v) is 28.3. The summed E-state index contributed by atoms with van der Waals surface area (Å²) >= 11 is 19.1. The predicted octanol–water partition coefficient (Wildman–Crippen LogP) is 14.9. The fourth-order valence-corrected chi connectivity index (χ4v) is 11.2. The summed E-state index contributed by atoms with van der Waals surface area (Å²) in [5.41, 5.74) is 0.616. The van der Waals surface area contributed by atoms with Crippen molar-refractivity contribution < 1.29 is 32.6 Å². The molecule has 0 aliphatic carbocycles. The number of halogens is 3. The third kappa shape index (κ3) is 19.0. The van der Waals surface area contributed by atoms with Crippen LogP contribution in [0.2, 0.25) is 15.1 Å². The number of sulfone groups is 1. The van der Waals surface area contributed by atoms with Crippen LogP contribution in [0.4, 0.5) is 11.4 Å². The van der Waals surface area contributed by atoms with E-state index in [1.54, 1.807) is 30.3 Å². The van der Waals surface area contributed by atoms with E-state index < -0.39 is 44.7 Å². The molecule has 0 radical (unpaired) electrons. The molecule has 0 fully saturated rings. The molecule has 3 amide bonds. The molecule has 69 heavy (non-hydrogen) atoms. The Kier molecular flexibility index (Phi) is 24.7. The fraction of sp³-hybridized carbons (Fsp3) is 0.593. The molecule has 2 unspecified atom stereocenters. The molecule has 1 aliphatic rings. The van der Waals surface area contributed by atoms with Crippen molar-refractivity contribution >= 4 is 79.6 Å². The lowest BCUT2D eigenvalue weighted by atomic mass is 9.86. The summed E-state index contributed by atoms with van der Waals surface area (Å²) in [7, 11) is -4.20. The lowest BCUT2D eigenvalue weighted by Crippen LogP contribution is -2.46. The first kappa shape index (κ1) is 57.7. The van der Waals surface area contributed by atoms with Gasteiger partial charge in [-0.2, -0.15) is 5.01 Å². The van der Waals surface area contributed by atoms with Crippen molar-refractivity contribution in [3.63, 3.8) is 0 Å². The smallest absolute Gasteiger partial charge is 0.273 e. The summed E-state index contributed by atoms with van der Waals surface area (Å²) in [5.74, 6) is -2.21. The van der Waals surface area contributed by atoms with Crippen LogP contribution in [-0.4, -0.2) is 54.2 Å². The van der Waals surface area contributed by atoms with Gasteiger partial charge in [0.25, 0.3) is 17.7 Å². The topological polar surface area (TPSA) is 154 Å². The van der Waals surface area contributed by atoms with Gasteiger partial charge in [0.15, 0.2) is 21.8 Å². The Hall–Kier alpha value is -3.84. The molecule has 3 aromatic carbocycles. The van der Waals surface area contributed by atoms with Gasteiger partial charge in [-0.25, -0.2) is 8.42 Å². The van der Waals surface area contributed by atoms with Gasteiger partial charge >= 0.3 is 0 Å². The van der Waals surface area contributed by atoms with E-state index in [-0.39, 0.29) is 43.2 Å². The molecule has 0 spiro atoms. The number of amides is 3. The highest BCUT2D eigenvalue weighted by atomic mass is 35.5. The number of anilines is 2. The van der Waals surface area contributed by atoms with Crippen LogP contribution in [0, 0.1) is 0 Å². The van der Waals surface area contributed by atoms with Crippen LogP contribution in [0.1, 0.15) is 198 Å². The molecule has 1 aliphatic heterocycles. The Labute approximate surface area is 427 Å². The summed E-state index contributed by atoms with van der Waals surface area (Å²) < 4.78 is 34.5. The van der Waals surface area contributed by atoms with E-state index >= 15 is 0 Å². The second-order valence-corrected chi connectivity index (χ2v) is 23.0. The van der Waals surface area contributed by atoms with Crippen LogP contribution in [0.25, 0.3) is 0 Å². The summed E-state index contributed by atoms with van der Waals surface area (Å²) in [6.07, 6.45) is 23.6. The third-order valence-electron chi connectivity index (χ3n) is 12.5. The number of nitrogens with one attached hydrogen (secondary N) is 2. The number of hydrogen-bond acceptors (Lipinski definition) is 8. The largest absolute Gasteiger partial charge is 0.508 e. The Bertz CT molecular complexity index is 2240. The number of benzene rings is 3. The highest BCUT2D eigenvalue weighted by Gasteiger charge is 2.47. The lowest BCUT2D eigenvalue weighted by Gasteiger charge is -2.23. The molecule has 4 rings (SSSR count). The fourth-order valence-electron chi connectivity index (χ4n) is 8.57. The van der Waals surface area contributed by atoms with E-state index in [1.165, 1.54) is 101 Å². The standard InChI is InChI=1S/C54H77Cl3N4O7S/c1-6-8-10-12-14-16-18-19-21-23-25-27-34-69(66,67)49-50(60-61(53(49)65)48-44(56)36-40(55)37-45(48)57)59-51(63)39-29-28-30-41(35-39)58-52(64)47(31-26-24-22-20-17-15-13-11-9-7-2)68-42-32-33-46(62)43(38-42)54(3,4)5/h28-30,32-33,35-38,47,49,62H,6-27,31,34H2,1-5H3,(H,58,64)(H,59,60,63). The van der Waals surface area contributed by atoms with E-state index in [4.69, 9.17) is 39.5 Å². The second kappa shape index (κ2) is 29.5. The number of unbranched alkanes of at least 4 members (excludes halogenated alkanes) is 20. The maximum absolute atomic E-state index is 14.1. The molecule has 382 valence electrons. The molecule has 0 saturated heterocycles. The number of carbonyl (C=O) groups excluding carboxylic acids is 3. The minimum atomic E-state index is -4.20.